The Hall–Kier alpha value is -1.77. The fraction of sp³-hybridized carbons (Fsp3) is 0.763. The number of rotatable bonds is 21. The Labute approximate surface area is 254 Å². The number of fused-ring (bicyclic) bond motifs is 3. The van der Waals surface area contributed by atoms with Crippen LogP contribution in [0.25, 0.3) is 0 Å². The van der Waals surface area contributed by atoms with Gasteiger partial charge in [-0.15, -0.1) is 0 Å². The maximum absolute atomic E-state index is 12.6. The van der Waals surface area contributed by atoms with E-state index in [1.54, 1.807) is 0 Å². The number of amides is 1. The first-order valence-corrected chi connectivity index (χ1v) is 17.2. The molecule has 0 aliphatic heterocycles. The highest BCUT2D eigenvalue weighted by Gasteiger charge is 2.46. The lowest BCUT2D eigenvalue weighted by atomic mass is 9.82. The van der Waals surface area contributed by atoms with Crippen LogP contribution < -0.4 is 5.32 Å². The van der Waals surface area contributed by atoms with Crippen molar-refractivity contribution in [3.05, 3.63) is 48.6 Å². The van der Waals surface area contributed by atoms with Crippen LogP contribution in [0.4, 0.5) is 4.79 Å². The quantitative estimate of drug-likeness (QED) is 0.140. The molecule has 0 bridgehead atoms. The minimum atomic E-state index is -0.229. The molecular weight excluding hydrogens is 502 g/mol. The molecule has 0 aromatic carbocycles. The van der Waals surface area contributed by atoms with Crippen molar-refractivity contribution in [2.24, 2.45) is 35.5 Å². The van der Waals surface area contributed by atoms with Crippen LogP contribution >= 0.6 is 0 Å². The molecule has 1 saturated carbocycles. The molecule has 5 atom stereocenters. The number of carbonyl (C=O) groups is 1. The van der Waals surface area contributed by atoms with Gasteiger partial charge in [-0.3, -0.25) is 0 Å². The predicted octanol–water partition coefficient (Wildman–Crippen LogP) is 11.4. The summed E-state index contributed by atoms with van der Waals surface area (Å²) in [6.45, 7) is 7.22. The van der Waals surface area contributed by atoms with Crippen molar-refractivity contribution in [2.75, 3.05) is 6.61 Å². The lowest BCUT2D eigenvalue weighted by Gasteiger charge is -2.24. The fourth-order valence-electron chi connectivity index (χ4n) is 7.36. The molecule has 0 aromatic rings. The molecule has 1 amide bonds. The number of unbranched alkanes of at least 4 members (excludes halogenated alkanes) is 13. The van der Waals surface area contributed by atoms with E-state index in [9.17, 15) is 4.79 Å². The number of carbonyl (C=O) groups excluding carboxylic acids is 1. The van der Waals surface area contributed by atoms with Crippen LogP contribution in [0.1, 0.15) is 137 Å². The zero-order chi connectivity index (χ0) is 28.4. The minimum absolute atomic E-state index is 0. The van der Waals surface area contributed by atoms with Crippen molar-refractivity contribution in [3.63, 3.8) is 0 Å². The Kier molecular flexibility index (Phi) is 18.1. The van der Waals surface area contributed by atoms with Crippen LogP contribution in [0, 0.1) is 35.5 Å². The summed E-state index contributed by atoms with van der Waals surface area (Å²) in [4.78, 5) is 12.6. The van der Waals surface area contributed by atoms with E-state index < -0.39 is 0 Å². The van der Waals surface area contributed by atoms with Crippen LogP contribution in [-0.4, -0.2) is 18.7 Å². The first kappa shape index (κ1) is 35.4. The number of allylic oxidation sites excluding steroid dienone is 8. The molecule has 0 radical (unpaired) electrons. The molecule has 3 heteroatoms. The predicted molar refractivity (Wildman–Crippen MR) is 178 cm³/mol. The summed E-state index contributed by atoms with van der Waals surface area (Å²) in [5.41, 5.74) is 0. The maximum Gasteiger partial charge on any atom is 0.407 e. The number of ether oxygens (including phenoxy) is 1. The summed E-state index contributed by atoms with van der Waals surface area (Å²) in [5, 5.41) is 3.18. The van der Waals surface area contributed by atoms with Gasteiger partial charge in [0.25, 0.3) is 0 Å². The molecule has 234 valence electrons. The lowest BCUT2D eigenvalue weighted by molar-refractivity contribution is 0.132. The summed E-state index contributed by atoms with van der Waals surface area (Å²) in [5.74, 6) is 3.51. The van der Waals surface area contributed by atoms with E-state index in [4.69, 9.17) is 4.74 Å². The second kappa shape index (κ2) is 21.0. The molecule has 3 aliphatic rings. The Morgan fingerprint density at radius 1 is 0.659 bits per heavy atom. The van der Waals surface area contributed by atoms with Gasteiger partial charge >= 0.3 is 6.09 Å². The van der Waals surface area contributed by atoms with Crippen molar-refractivity contribution >= 4 is 6.09 Å². The molecule has 1 N–H and O–H groups in total. The molecule has 3 nitrogen and oxygen atoms in total. The molecule has 5 unspecified atom stereocenters. The number of hydrogen-bond donors (Lipinski definition) is 1. The van der Waals surface area contributed by atoms with Gasteiger partial charge in [0.2, 0.25) is 0 Å². The van der Waals surface area contributed by atoms with Gasteiger partial charge in [-0.1, -0.05) is 167 Å². The Morgan fingerprint density at radius 3 is 1.56 bits per heavy atom. The average Bonchev–Trinajstić information content (AvgIpc) is 3.28. The fourth-order valence-corrected chi connectivity index (χ4v) is 7.36. The molecule has 0 heterocycles. The van der Waals surface area contributed by atoms with Crippen molar-refractivity contribution in [1.82, 2.24) is 5.32 Å². The molecule has 3 aliphatic carbocycles. The lowest BCUT2D eigenvalue weighted by Crippen LogP contribution is -2.39. The normalized spacial score (nSPS) is 24.6. The maximum atomic E-state index is 12.6. The number of nitrogens with one attached hydrogen (secondary N) is 1. The van der Waals surface area contributed by atoms with E-state index in [1.165, 1.54) is 89.9 Å². The van der Waals surface area contributed by atoms with Crippen LogP contribution in [0.5, 0.6) is 0 Å². The summed E-state index contributed by atoms with van der Waals surface area (Å²) in [6, 6.07) is 0.208. The van der Waals surface area contributed by atoms with E-state index in [-0.39, 0.29) is 19.6 Å². The first-order chi connectivity index (χ1) is 19.6. The minimum Gasteiger partial charge on any atom is -0.450 e. The van der Waals surface area contributed by atoms with E-state index in [0.717, 1.165) is 19.3 Å². The van der Waals surface area contributed by atoms with E-state index in [2.05, 4.69) is 74.7 Å². The molecule has 0 saturated heterocycles. The zero-order valence-corrected chi connectivity index (χ0v) is 26.2. The van der Waals surface area contributed by atoms with Gasteiger partial charge in [-0.2, -0.15) is 0 Å². The van der Waals surface area contributed by atoms with Crippen molar-refractivity contribution in [3.8, 4) is 0 Å². The zero-order valence-electron chi connectivity index (χ0n) is 26.2. The molecule has 0 spiro atoms. The third kappa shape index (κ3) is 12.6. The molecule has 41 heavy (non-hydrogen) atoms. The topological polar surface area (TPSA) is 38.3 Å². The summed E-state index contributed by atoms with van der Waals surface area (Å²) in [7, 11) is 0. The van der Waals surface area contributed by atoms with Crippen LogP contribution in [-0.2, 0) is 4.74 Å². The van der Waals surface area contributed by atoms with Crippen molar-refractivity contribution in [1.29, 1.82) is 0 Å². The monoisotopic (exact) mass is 568 g/mol. The molecular formula is C38H65NO2. The van der Waals surface area contributed by atoms with Crippen molar-refractivity contribution in [2.45, 2.75) is 143 Å². The summed E-state index contributed by atoms with van der Waals surface area (Å²) < 4.78 is 5.66. The highest BCUT2D eigenvalue weighted by molar-refractivity contribution is 5.67. The third-order valence-electron chi connectivity index (χ3n) is 9.77. The average molecular weight is 568 g/mol. The SMILES string of the molecule is C.CCCCCCCCCCCCCCCCC(NC(=O)OCCCC1C2C=CC=CC2C2C=CC=CC21)C(C)C. The van der Waals surface area contributed by atoms with Gasteiger partial charge in [0.15, 0.2) is 0 Å². The summed E-state index contributed by atoms with van der Waals surface area (Å²) >= 11 is 0. The van der Waals surface area contributed by atoms with Crippen LogP contribution in [0.15, 0.2) is 48.6 Å². The van der Waals surface area contributed by atoms with Gasteiger partial charge in [0.1, 0.15) is 0 Å². The second-order valence-electron chi connectivity index (χ2n) is 13.2. The van der Waals surface area contributed by atoms with Crippen LogP contribution in [0.2, 0.25) is 0 Å². The Bertz CT molecular complexity index is 775. The van der Waals surface area contributed by atoms with Gasteiger partial charge in [-0.05, 0) is 54.8 Å². The molecule has 3 rings (SSSR count). The molecule has 1 fully saturated rings. The third-order valence-corrected chi connectivity index (χ3v) is 9.77. The Morgan fingerprint density at radius 2 is 1.10 bits per heavy atom. The highest BCUT2D eigenvalue weighted by Crippen LogP contribution is 2.52. The smallest absolute Gasteiger partial charge is 0.407 e. The van der Waals surface area contributed by atoms with Gasteiger partial charge in [-0.25, -0.2) is 4.79 Å². The number of hydrogen-bond acceptors (Lipinski definition) is 2. The summed E-state index contributed by atoms with van der Waals surface area (Å²) in [6.07, 6.45) is 40.6. The first-order valence-electron chi connectivity index (χ1n) is 17.2. The van der Waals surface area contributed by atoms with Gasteiger partial charge in [0.05, 0.1) is 6.61 Å². The molecule has 0 aromatic heterocycles. The van der Waals surface area contributed by atoms with E-state index in [1.807, 2.05) is 0 Å². The van der Waals surface area contributed by atoms with Crippen LogP contribution in [0.3, 0.4) is 0 Å². The van der Waals surface area contributed by atoms with E-state index >= 15 is 0 Å². The second-order valence-corrected chi connectivity index (χ2v) is 13.2. The van der Waals surface area contributed by atoms with Gasteiger partial charge < -0.3 is 10.1 Å². The highest BCUT2D eigenvalue weighted by atomic mass is 16.5. The van der Waals surface area contributed by atoms with E-state index in [0.29, 0.717) is 42.1 Å². The largest absolute Gasteiger partial charge is 0.450 e. The number of alkyl carbamates (subject to hydrolysis) is 1. The standard InChI is InChI=1S/C37H61NO2.CH4/c1-4-5-6-7-8-9-10-11-12-13-14-15-16-17-28-36(30(2)3)38-37(39)40-29-22-27-35-33-25-20-18-23-31(33)32-24-19-21-26-34(32)35;/h18-21,23-26,30-36H,4-17,22,27-29H2,1-3H3,(H,38,39);1H4. The van der Waals surface area contributed by atoms with Gasteiger partial charge in [0, 0.05) is 6.04 Å². The Balaban J connectivity index is 0.00000588. The van der Waals surface area contributed by atoms with Crippen molar-refractivity contribution < 1.29 is 9.53 Å².